The average molecular weight is 359 g/mol. The Morgan fingerprint density at radius 2 is 1.88 bits per heavy atom. The number of sulfonamides is 1. The highest BCUT2D eigenvalue weighted by molar-refractivity contribution is 7.90. The maximum Gasteiger partial charge on any atom is 0.285 e. The van der Waals surface area contributed by atoms with Gasteiger partial charge >= 0.3 is 0 Å². The lowest BCUT2D eigenvalue weighted by molar-refractivity contribution is -0.385. The number of anilines is 1. The van der Waals surface area contributed by atoms with Crippen LogP contribution in [0.25, 0.3) is 0 Å². The van der Waals surface area contributed by atoms with E-state index in [-0.39, 0.29) is 16.4 Å². The average Bonchev–Trinajstić information content (AvgIpc) is 2.84. The lowest BCUT2D eigenvalue weighted by Gasteiger charge is -2.07. The Morgan fingerprint density at radius 1 is 1.16 bits per heavy atom. The summed E-state index contributed by atoms with van der Waals surface area (Å²) in [5.74, 6) is 0.172. The molecular formula is C17H17N3O4S. The third kappa shape index (κ3) is 3.53. The number of amidine groups is 1. The molecule has 7 nitrogen and oxygen atoms in total. The van der Waals surface area contributed by atoms with Crippen LogP contribution in [0.4, 0.5) is 11.4 Å². The van der Waals surface area contributed by atoms with Crippen molar-refractivity contribution in [3.8, 4) is 0 Å². The van der Waals surface area contributed by atoms with Gasteiger partial charge in [0.25, 0.3) is 15.7 Å². The van der Waals surface area contributed by atoms with Crippen molar-refractivity contribution < 1.29 is 13.3 Å². The van der Waals surface area contributed by atoms with Crippen molar-refractivity contribution in [2.45, 2.75) is 31.1 Å². The van der Waals surface area contributed by atoms with Crippen LogP contribution in [0.15, 0.2) is 51.8 Å². The van der Waals surface area contributed by atoms with Gasteiger partial charge in [-0.25, -0.2) is 0 Å². The molecule has 0 amide bonds. The van der Waals surface area contributed by atoms with Crippen LogP contribution in [0.3, 0.4) is 0 Å². The maximum absolute atomic E-state index is 12.2. The van der Waals surface area contributed by atoms with Crippen LogP contribution in [-0.4, -0.2) is 19.2 Å². The normalized spacial score (nSPS) is 14.7. The first-order valence-electron chi connectivity index (χ1n) is 7.90. The fraction of sp³-hybridized carbons (Fsp3) is 0.235. The minimum absolute atomic E-state index is 0.149. The molecule has 0 radical (unpaired) electrons. The first-order valence-corrected chi connectivity index (χ1v) is 9.34. The number of aryl methyl sites for hydroxylation is 1. The first kappa shape index (κ1) is 17.1. The number of nitrogens with one attached hydrogen (secondary N) is 1. The number of nitro groups is 1. The van der Waals surface area contributed by atoms with E-state index in [9.17, 15) is 18.5 Å². The topological polar surface area (TPSA) is 102 Å². The van der Waals surface area contributed by atoms with Crippen LogP contribution in [0, 0.1) is 10.1 Å². The molecule has 0 saturated heterocycles. The van der Waals surface area contributed by atoms with Crippen LogP contribution in [0.5, 0.6) is 0 Å². The van der Waals surface area contributed by atoms with Crippen molar-refractivity contribution in [1.29, 1.82) is 0 Å². The second-order valence-corrected chi connectivity index (χ2v) is 7.35. The Kier molecular flexibility index (Phi) is 4.54. The molecular weight excluding hydrogens is 342 g/mol. The standard InChI is InChI=1S/C17H17N3O4S/c1-2-3-4-12-5-7-13(8-6-12)18-17-15-10-9-14(20(21)22)11-16(15)25(23,24)19-17/h5-11H,2-4H2,1H3,(H,18,19). The number of benzene rings is 2. The summed E-state index contributed by atoms with van der Waals surface area (Å²) in [4.78, 5) is 10.1. The van der Waals surface area contributed by atoms with E-state index in [0.717, 1.165) is 25.3 Å². The molecule has 2 aromatic rings. The smallest absolute Gasteiger partial charge is 0.285 e. The number of fused-ring (bicyclic) bond motifs is 1. The zero-order valence-corrected chi connectivity index (χ0v) is 14.4. The molecule has 0 atom stereocenters. The number of hydrogen-bond donors (Lipinski definition) is 1. The molecule has 8 heteroatoms. The van der Waals surface area contributed by atoms with Gasteiger partial charge in [-0.3, -0.25) is 10.1 Å². The Hall–Kier alpha value is -2.74. The number of unbranched alkanes of at least 4 members (excludes halogenated alkanes) is 1. The van der Waals surface area contributed by atoms with Crippen molar-refractivity contribution in [3.05, 3.63) is 63.7 Å². The summed E-state index contributed by atoms with van der Waals surface area (Å²) in [6.45, 7) is 2.14. The van der Waals surface area contributed by atoms with E-state index in [1.54, 1.807) is 0 Å². The molecule has 1 heterocycles. The van der Waals surface area contributed by atoms with Crippen LogP contribution in [0.1, 0.15) is 30.9 Å². The van der Waals surface area contributed by atoms with Gasteiger partial charge in [-0.1, -0.05) is 25.5 Å². The van der Waals surface area contributed by atoms with Crippen molar-refractivity contribution in [2.24, 2.45) is 4.40 Å². The second-order valence-electron chi connectivity index (χ2n) is 5.78. The number of non-ortho nitro benzene ring substituents is 1. The van der Waals surface area contributed by atoms with Gasteiger partial charge in [0.15, 0.2) is 5.84 Å². The van der Waals surface area contributed by atoms with Gasteiger partial charge in [0, 0.05) is 23.4 Å². The highest BCUT2D eigenvalue weighted by atomic mass is 32.2. The third-order valence-corrected chi connectivity index (χ3v) is 5.27. The van der Waals surface area contributed by atoms with Crippen LogP contribution < -0.4 is 5.32 Å². The second kappa shape index (κ2) is 6.64. The predicted molar refractivity (Wildman–Crippen MR) is 95.5 cm³/mol. The van der Waals surface area contributed by atoms with E-state index in [4.69, 9.17) is 0 Å². The summed E-state index contributed by atoms with van der Waals surface area (Å²) in [5.41, 5.74) is 1.98. The van der Waals surface area contributed by atoms with E-state index < -0.39 is 14.9 Å². The zero-order chi connectivity index (χ0) is 18.0. The Labute approximate surface area is 145 Å². The summed E-state index contributed by atoms with van der Waals surface area (Å²) < 4.78 is 28.0. The molecule has 0 bridgehead atoms. The summed E-state index contributed by atoms with van der Waals surface area (Å²) >= 11 is 0. The van der Waals surface area contributed by atoms with Gasteiger partial charge in [-0.05, 0) is 36.6 Å². The van der Waals surface area contributed by atoms with Gasteiger partial charge in [0.05, 0.1) is 4.92 Å². The zero-order valence-electron chi connectivity index (χ0n) is 13.6. The number of hydrogen-bond acceptors (Lipinski definition) is 5. The van der Waals surface area contributed by atoms with Crippen LogP contribution in [0.2, 0.25) is 0 Å². The Bertz CT molecular complexity index is 950. The van der Waals surface area contributed by atoms with Crippen molar-refractivity contribution in [3.63, 3.8) is 0 Å². The summed E-state index contributed by atoms with van der Waals surface area (Å²) in [6, 6.07) is 11.4. The van der Waals surface area contributed by atoms with Gasteiger partial charge in [-0.2, -0.15) is 8.42 Å². The van der Waals surface area contributed by atoms with E-state index in [0.29, 0.717) is 11.3 Å². The predicted octanol–water partition coefficient (Wildman–Crippen LogP) is 3.50. The van der Waals surface area contributed by atoms with Crippen LogP contribution >= 0.6 is 0 Å². The quantitative estimate of drug-likeness (QED) is 0.650. The van der Waals surface area contributed by atoms with E-state index in [1.807, 2.05) is 24.3 Å². The van der Waals surface area contributed by atoms with E-state index >= 15 is 0 Å². The molecule has 1 N–H and O–H groups in total. The summed E-state index contributed by atoms with van der Waals surface area (Å²) in [7, 11) is -3.93. The van der Waals surface area contributed by atoms with Gasteiger partial charge in [-0.15, -0.1) is 4.40 Å². The Morgan fingerprint density at radius 3 is 2.52 bits per heavy atom. The largest absolute Gasteiger partial charge is 0.339 e. The number of nitro benzene ring substituents is 1. The molecule has 0 spiro atoms. The minimum Gasteiger partial charge on any atom is -0.339 e. The fourth-order valence-electron chi connectivity index (χ4n) is 2.61. The lowest BCUT2D eigenvalue weighted by Crippen LogP contribution is -2.11. The molecule has 25 heavy (non-hydrogen) atoms. The molecule has 1 aliphatic rings. The Balaban J connectivity index is 1.86. The molecule has 3 rings (SSSR count). The fourth-order valence-corrected chi connectivity index (χ4v) is 3.81. The molecule has 130 valence electrons. The summed E-state index contributed by atoms with van der Waals surface area (Å²) in [5, 5.41) is 13.8. The molecule has 0 unspecified atom stereocenters. The molecule has 0 fully saturated rings. The molecule has 0 aromatic heterocycles. The van der Waals surface area contributed by atoms with Crippen molar-refractivity contribution in [2.75, 3.05) is 5.32 Å². The van der Waals surface area contributed by atoms with Crippen molar-refractivity contribution >= 4 is 27.2 Å². The summed E-state index contributed by atoms with van der Waals surface area (Å²) in [6.07, 6.45) is 3.24. The monoisotopic (exact) mass is 359 g/mol. The molecule has 0 aliphatic carbocycles. The SMILES string of the molecule is CCCCc1ccc(NC2=NS(=O)(=O)c3cc([N+](=O)[O-])ccc32)cc1. The van der Waals surface area contributed by atoms with Crippen molar-refractivity contribution in [1.82, 2.24) is 0 Å². The van der Waals surface area contributed by atoms with E-state index in [2.05, 4.69) is 16.6 Å². The van der Waals surface area contributed by atoms with Gasteiger partial charge in [0.2, 0.25) is 0 Å². The highest BCUT2D eigenvalue weighted by Crippen LogP contribution is 2.30. The third-order valence-electron chi connectivity index (χ3n) is 3.96. The number of rotatable bonds is 5. The first-order chi connectivity index (χ1) is 11.9. The number of nitrogens with zero attached hydrogens (tertiary/aromatic N) is 2. The highest BCUT2D eigenvalue weighted by Gasteiger charge is 2.31. The lowest BCUT2D eigenvalue weighted by atomic mass is 10.1. The molecule has 2 aromatic carbocycles. The van der Waals surface area contributed by atoms with Gasteiger partial charge < -0.3 is 5.32 Å². The van der Waals surface area contributed by atoms with E-state index in [1.165, 1.54) is 17.7 Å². The van der Waals surface area contributed by atoms with Gasteiger partial charge in [0.1, 0.15) is 4.90 Å². The van der Waals surface area contributed by atoms with Crippen LogP contribution in [-0.2, 0) is 16.4 Å². The molecule has 1 aliphatic heterocycles. The molecule has 0 saturated carbocycles. The maximum atomic E-state index is 12.2. The minimum atomic E-state index is -3.93.